The predicted molar refractivity (Wildman–Crippen MR) is 84.8 cm³/mol. The summed E-state index contributed by atoms with van der Waals surface area (Å²) in [4.78, 5) is 26.2. The second kappa shape index (κ2) is 7.85. The summed E-state index contributed by atoms with van der Waals surface area (Å²) in [5, 5.41) is 0. The number of carbonyl (C=O) groups is 2. The maximum Gasteiger partial charge on any atom is 0.346 e. The van der Waals surface area contributed by atoms with Gasteiger partial charge in [-0.15, -0.1) is 0 Å². The van der Waals surface area contributed by atoms with Gasteiger partial charge in [0.25, 0.3) is 5.91 Å². The zero-order chi connectivity index (χ0) is 16.8. The van der Waals surface area contributed by atoms with Crippen LogP contribution in [-0.4, -0.2) is 50.7 Å². The normalized spacial score (nSPS) is 15.2. The van der Waals surface area contributed by atoms with Crippen molar-refractivity contribution in [2.45, 2.75) is 19.8 Å². The van der Waals surface area contributed by atoms with Crippen LogP contribution in [0.1, 0.15) is 30.1 Å². The highest BCUT2D eigenvalue weighted by Crippen LogP contribution is 2.28. The molecule has 0 radical (unpaired) electrons. The molecule has 0 aliphatic carbocycles. The molecular formula is C17H23NO5. The standard InChI is InChI=1S/C17H23NO5/c1-12-7-9-18(10-8-12)15(19)11-23-17(20)16-13(21-2)5-4-6-14(16)22-3/h4-6,12H,7-11H2,1-3H3. The number of hydrogen-bond acceptors (Lipinski definition) is 5. The van der Waals surface area contributed by atoms with Crippen molar-refractivity contribution in [1.29, 1.82) is 0 Å². The second-order valence-electron chi connectivity index (χ2n) is 5.68. The molecule has 1 heterocycles. The average Bonchev–Trinajstić information content (AvgIpc) is 2.59. The fraction of sp³-hybridized carbons (Fsp3) is 0.529. The van der Waals surface area contributed by atoms with Gasteiger partial charge in [-0.05, 0) is 30.9 Å². The van der Waals surface area contributed by atoms with Gasteiger partial charge in [-0.25, -0.2) is 4.79 Å². The summed E-state index contributed by atoms with van der Waals surface area (Å²) >= 11 is 0. The van der Waals surface area contributed by atoms with E-state index in [1.807, 2.05) is 0 Å². The molecule has 0 unspecified atom stereocenters. The molecule has 1 aromatic carbocycles. The van der Waals surface area contributed by atoms with Crippen LogP contribution in [-0.2, 0) is 9.53 Å². The van der Waals surface area contributed by atoms with Crippen molar-refractivity contribution in [3.63, 3.8) is 0 Å². The van der Waals surface area contributed by atoms with E-state index in [0.29, 0.717) is 17.4 Å². The molecule has 23 heavy (non-hydrogen) atoms. The van der Waals surface area contributed by atoms with Crippen LogP contribution in [0.4, 0.5) is 0 Å². The Balaban J connectivity index is 1.98. The molecule has 6 nitrogen and oxygen atoms in total. The third kappa shape index (κ3) is 4.15. The number of hydrogen-bond donors (Lipinski definition) is 0. The van der Waals surface area contributed by atoms with Crippen LogP contribution >= 0.6 is 0 Å². The Bertz CT molecular complexity index is 542. The van der Waals surface area contributed by atoms with Crippen LogP contribution in [0.2, 0.25) is 0 Å². The minimum Gasteiger partial charge on any atom is -0.496 e. The van der Waals surface area contributed by atoms with Gasteiger partial charge in [0.2, 0.25) is 0 Å². The Morgan fingerprint density at radius 3 is 2.22 bits per heavy atom. The summed E-state index contributed by atoms with van der Waals surface area (Å²) in [6, 6.07) is 5.01. The van der Waals surface area contributed by atoms with Gasteiger partial charge in [-0.2, -0.15) is 0 Å². The van der Waals surface area contributed by atoms with Crippen molar-refractivity contribution in [2.75, 3.05) is 33.9 Å². The van der Waals surface area contributed by atoms with Crippen molar-refractivity contribution in [2.24, 2.45) is 5.92 Å². The van der Waals surface area contributed by atoms with Crippen molar-refractivity contribution < 1.29 is 23.8 Å². The molecule has 2 rings (SSSR count). The Hall–Kier alpha value is -2.24. The molecule has 0 N–H and O–H groups in total. The third-order valence-electron chi connectivity index (χ3n) is 4.10. The first kappa shape index (κ1) is 17.1. The molecule has 126 valence electrons. The highest BCUT2D eigenvalue weighted by atomic mass is 16.5. The van der Waals surface area contributed by atoms with Crippen LogP contribution < -0.4 is 9.47 Å². The lowest BCUT2D eigenvalue weighted by Gasteiger charge is -2.30. The first-order chi connectivity index (χ1) is 11.1. The van der Waals surface area contributed by atoms with Gasteiger partial charge in [0.05, 0.1) is 14.2 Å². The number of esters is 1. The van der Waals surface area contributed by atoms with Crippen LogP contribution in [0.5, 0.6) is 11.5 Å². The van der Waals surface area contributed by atoms with Gasteiger partial charge in [0, 0.05) is 13.1 Å². The summed E-state index contributed by atoms with van der Waals surface area (Å²) < 4.78 is 15.5. The van der Waals surface area contributed by atoms with Gasteiger partial charge in [-0.1, -0.05) is 13.0 Å². The molecule has 1 amide bonds. The summed E-state index contributed by atoms with van der Waals surface area (Å²) in [7, 11) is 2.93. The highest BCUT2D eigenvalue weighted by molar-refractivity contribution is 5.96. The summed E-state index contributed by atoms with van der Waals surface area (Å²) in [5.41, 5.74) is 0.192. The number of rotatable bonds is 5. The number of piperidine rings is 1. The van der Waals surface area contributed by atoms with Crippen molar-refractivity contribution in [3.8, 4) is 11.5 Å². The van der Waals surface area contributed by atoms with Crippen molar-refractivity contribution in [1.82, 2.24) is 4.90 Å². The molecule has 1 aliphatic rings. The van der Waals surface area contributed by atoms with Gasteiger partial charge < -0.3 is 19.1 Å². The minimum absolute atomic E-state index is 0.167. The predicted octanol–water partition coefficient (Wildman–Crippen LogP) is 2.12. The number of nitrogens with zero attached hydrogens (tertiary/aromatic N) is 1. The molecule has 1 fully saturated rings. The van der Waals surface area contributed by atoms with E-state index in [1.165, 1.54) is 14.2 Å². The number of amides is 1. The fourth-order valence-corrected chi connectivity index (χ4v) is 2.60. The van der Waals surface area contributed by atoms with E-state index >= 15 is 0 Å². The first-order valence-corrected chi connectivity index (χ1v) is 7.72. The summed E-state index contributed by atoms with van der Waals surface area (Å²) in [6.07, 6.45) is 1.97. The molecule has 6 heteroatoms. The number of likely N-dealkylation sites (tertiary alicyclic amines) is 1. The Labute approximate surface area is 136 Å². The fourth-order valence-electron chi connectivity index (χ4n) is 2.60. The van der Waals surface area contributed by atoms with E-state index in [0.717, 1.165) is 25.9 Å². The van der Waals surface area contributed by atoms with E-state index in [9.17, 15) is 9.59 Å². The van der Waals surface area contributed by atoms with Gasteiger partial charge in [0.1, 0.15) is 17.1 Å². The molecule has 0 bridgehead atoms. The molecular weight excluding hydrogens is 298 g/mol. The number of carbonyl (C=O) groups excluding carboxylic acids is 2. The zero-order valence-corrected chi connectivity index (χ0v) is 13.8. The van der Waals surface area contributed by atoms with E-state index < -0.39 is 5.97 Å². The third-order valence-corrected chi connectivity index (χ3v) is 4.10. The lowest BCUT2D eigenvalue weighted by atomic mass is 9.99. The van der Waals surface area contributed by atoms with Crippen molar-refractivity contribution >= 4 is 11.9 Å². The monoisotopic (exact) mass is 321 g/mol. The number of benzene rings is 1. The van der Waals surface area contributed by atoms with Gasteiger partial charge in [0.15, 0.2) is 6.61 Å². The molecule has 0 saturated carbocycles. The molecule has 0 atom stereocenters. The molecule has 0 aromatic heterocycles. The van der Waals surface area contributed by atoms with E-state index in [2.05, 4.69) is 6.92 Å². The molecule has 1 saturated heterocycles. The number of ether oxygens (including phenoxy) is 3. The highest BCUT2D eigenvalue weighted by Gasteiger charge is 2.24. The first-order valence-electron chi connectivity index (χ1n) is 7.72. The Morgan fingerprint density at radius 2 is 1.70 bits per heavy atom. The average molecular weight is 321 g/mol. The van der Waals surface area contributed by atoms with Gasteiger partial charge >= 0.3 is 5.97 Å². The van der Waals surface area contributed by atoms with E-state index in [4.69, 9.17) is 14.2 Å². The second-order valence-corrected chi connectivity index (χ2v) is 5.68. The molecule has 1 aliphatic heterocycles. The van der Waals surface area contributed by atoms with Crippen LogP contribution in [0.3, 0.4) is 0 Å². The van der Waals surface area contributed by atoms with E-state index in [-0.39, 0.29) is 18.1 Å². The molecule has 1 aromatic rings. The summed E-state index contributed by atoms with van der Waals surface area (Å²) in [5.74, 6) is 0.554. The van der Waals surface area contributed by atoms with Crippen LogP contribution in [0.15, 0.2) is 18.2 Å². The number of methoxy groups -OCH3 is 2. The Kier molecular flexibility index (Phi) is 5.84. The van der Waals surface area contributed by atoms with E-state index in [1.54, 1.807) is 23.1 Å². The topological polar surface area (TPSA) is 65.1 Å². The maximum atomic E-state index is 12.3. The van der Waals surface area contributed by atoms with Crippen molar-refractivity contribution in [3.05, 3.63) is 23.8 Å². The lowest BCUT2D eigenvalue weighted by Crippen LogP contribution is -2.40. The smallest absolute Gasteiger partial charge is 0.346 e. The largest absolute Gasteiger partial charge is 0.496 e. The zero-order valence-electron chi connectivity index (χ0n) is 13.8. The Morgan fingerprint density at radius 1 is 1.13 bits per heavy atom. The minimum atomic E-state index is -0.627. The maximum absolute atomic E-state index is 12.3. The quantitative estimate of drug-likeness (QED) is 0.777. The molecule has 0 spiro atoms. The lowest BCUT2D eigenvalue weighted by molar-refractivity contribution is -0.135. The van der Waals surface area contributed by atoms with Gasteiger partial charge in [-0.3, -0.25) is 4.79 Å². The SMILES string of the molecule is COc1cccc(OC)c1C(=O)OCC(=O)N1CCC(C)CC1. The summed E-state index contributed by atoms with van der Waals surface area (Å²) in [6.45, 7) is 3.34. The van der Waals surface area contributed by atoms with Crippen LogP contribution in [0.25, 0.3) is 0 Å². The van der Waals surface area contributed by atoms with Crippen LogP contribution in [0, 0.1) is 5.92 Å².